The number of hydrogen-bond acceptors (Lipinski definition) is 4. The molecule has 1 aliphatic heterocycles. The molecule has 1 fully saturated rings. The molecule has 6 heteroatoms. The number of para-hydroxylation sites is 1. The SMILES string of the molecule is CCOc1ccccc1CN1CCN(S(=O)(=O)c2cc(C)ccc2C)CC1. The van der Waals surface area contributed by atoms with Crippen molar-refractivity contribution in [3.05, 3.63) is 59.2 Å². The highest BCUT2D eigenvalue weighted by atomic mass is 32.2. The third kappa shape index (κ3) is 4.51. The average Bonchev–Trinajstić information content (AvgIpc) is 2.66. The van der Waals surface area contributed by atoms with Crippen LogP contribution < -0.4 is 4.74 Å². The number of sulfonamides is 1. The molecule has 0 spiro atoms. The van der Waals surface area contributed by atoms with Crippen molar-refractivity contribution >= 4 is 10.0 Å². The van der Waals surface area contributed by atoms with Gasteiger partial charge in [-0.2, -0.15) is 4.31 Å². The first-order valence-electron chi connectivity index (χ1n) is 9.42. The van der Waals surface area contributed by atoms with Crippen molar-refractivity contribution < 1.29 is 13.2 Å². The van der Waals surface area contributed by atoms with Crippen molar-refractivity contribution in [3.63, 3.8) is 0 Å². The molecule has 146 valence electrons. The highest BCUT2D eigenvalue weighted by Gasteiger charge is 2.29. The van der Waals surface area contributed by atoms with Crippen LogP contribution in [0.1, 0.15) is 23.6 Å². The van der Waals surface area contributed by atoms with Crippen LogP contribution >= 0.6 is 0 Å². The summed E-state index contributed by atoms with van der Waals surface area (Å²) in [5.74, 6) is 0.908. The molecule has 1 saturated heterocycles. The Morgan fingerprint density at radius 1 is 1.00 bits per heavy atom. The van der Waals surface area contributed by atoms with E-state index in [-0.39, 0.29) is 0 Å². The number of piperazine rings is 1. The van der Waals surface area contributed by atoms with Gasteiger partial charge in [0.1, 0.15) is 5.75 Å². The van der Waals surface area contributed by atoms with Gasteiger partial charge in [0.05, 0.1) is 11.5 Å². The number of benzene rings is 2. The van der Waals surface area contributed by atoms with Gasteiger partial charge in [0.25, 0.3) is 0 Å². The number of hydrogen-bond donors (Lipinski definition) is 0. The van der Waals surface area contributed by atoms with Gasteiger partial charge in [-0.3, -0.25) is 4.90 Å². The summed E-state index contributed by atoms with van der Waals surface area (Å²) < 4.78 is 33.4. The summed E-state index contributed by atoms with van der Waals surface area (Å²) in [6, 6.07) is 13.6. The zero-order valence-electron chi connectivity index (χ0n) is 16.3. The first-order chi connectivity index (χ1) is 12.9. The molecule has 0 unspecified atom stereocenters. The van der Waals surface area contributed by atoms with E-state index in [4.69, 9.17) is 4.74 Å². The van der Waals surface area contributed by atoms with Gasteiger partial charge in [-0.15, -0.1) is 0 Å². The minimum atomic E-state index is -3.45. The van der Waals surface area contributed by atoms with E-state index in [1.165, 1.54) is 0 Å². The van der Waals surface area contributed by atoms with Crippen LogP contribution in [0.25, 0.3) is 0 Å². The predicted molar refractivity (Wildman–Crippen MR) is 108 cm³/mol. The summed E-state index contributed by atoms with van der Waals surface area (Å²) in [6.07, 6.45) is 0. The van der Waals surface area contributed by atoms with Crippen LogP contribution in [-0.2, 0) is 16.6 Å². The number of ether oxygens (including phenoxy) is 1. The van der Waals surface area contributed by atoms with Gasteiger partial charge in [-0.25, -0.2) is 8.42 Å². The molecule has 0 N–H and O–H groups in total. The zero-order chi connectivity index (χ0) is 19.4. The van der Waals surface area contributed by atoms with Crippen molar-refractivity contribution in [1.82, 2.24) is 9.21 Å². The van der Waals surface area contributed by atoms with Crippen LogP contribution in [0.2, 0.25) is 0 Å². The standard InChI is InChI=1S/C21H28N2O3S/c1-4-26-20-8-6-5-7-19(20)16-22-11-13-23(14-12-22)27(24,25)21-15-17(2)9-10-18(21)3/h5-10,15H,4,11-14,16H2,1-3H3. The molecule has 0 saturated carbocycles. The third-order valence-electron chi connectivity index (χ3n) is 4.96. The van der Waals surface area contributed by atoms with Gasteiger partial charge in [0.15, 0.2) is 0 Å². The lowest BCUT2D eigenvalue weighted by Gasteiger charge is -2.34. The van der Waals surface area contributed by atoms with Crippen LogP contribution in [0.3, 0.4) is 0 Å². The second-order valence-corrected chi connectivity index (χ2v) is 8.90. The van der Waals surface area contributed by atoms with Crippen molar-refractivity contribution in [1.29, 1.82) is 0 Å². The molecule has 0 bridgehead atoms. The van der Waals surface area contributed by atoms with Crippen LogP contribution in [0, 0.1) is 13.8 Å². The van der Waals surface area contributed by atoms with Crippen molar-refractivity contribution in [2.75, 3.05) is 32.8 Å². The zero-order valence-corrected chi connectivity index (χ0v) is 17.1. The molecule has 0 amide bonds. The fourth-order valence-electron chi connectivity index (χ4n) is 3.42. The Morgan fingerprint density at radius 2 is 1.70 bits per heavy atom. The van der Waals surface area contributed by atoms with E-state index >= 15 is 0 Å². The Morgan fingerprint density at radius 3 is 2.41 bits per heavy atom. The van der Waals surface area contributed by atoms with E-state index in [0.717, 1.165) is 29.0 Å². The van der Waals surface area contributed by atoms with Gasteiger partial charge in [-0.1, -0.05) is 30.3 Å². The third-order valence-corrected chi connectivity index (χ3v) is 7.00. The molecule has 2 aromatic rings. The van der Waals surface area contributed by atoms with Gasteiger partial charge < -0.3 is 4.74 Å². The van der Waals surface area contributed by atoms with Crippen molar-refractivity contribution in [2.24, 2.45) is 0 Å². The number of aryl methyl sites for hydroxylation is 2. The molecular formula is C21H28N2O3S. The Kier molecular flexibility index (Phi) is 6.19. The maximum atomic E-state index is 13.1. The summed E-state index contributed by atoms with van der Waals surface area (Å²) in [5.41, 5.74) is 2.91. The quantitative estimate of drug-likeness (QED) is 0.762. The van der Waals surface area contributed by atoms with Crippen molar-refractivity contribution in [3.8, 4) is 5.75 Å². The number of rotatable bonds is 6. The van der Waals surface area contributed by atoms with Crippen LogP contribution in [0.5, 0.6) is 5.75 Å². The molecule has 5 nitrogen and oxygen atoms in total. The Labute approximate surface area is 162 Å². The number of nitrogens with zero attached hydrogens (tertiary/aromatic N) is 2. The molecule has 3 rings (SSSR count). The van der Waals surface area contributed by atoms with Gasteiger partial charge in [-0.05, 0) is 44.0 Å². The van der Waals surface area contributed by atoms with E-state index in [2.05, 4.69) is 11.0 Å². The molecule has 0 radical (unpaired) electrons. The maximum Gasteiger partial charge on any atom is 0.243 e. The predicted octanol–water partition coefficient (Wildman–Crippen LogP) is 3.21. The van der Waals surface area contributed by atoms with Crippen LogP contribution in [0.15, 0.2) is 47.4 Å². The van der Waals surface area contributed by atoms with Gasteiger partial charge in [0, 0.05) is 38.3 Å². The summed E-state index contributed by atoms with van der Waals surface area (Å²) in [6.45, 7) is 9.60. The normalized spacial score (nSPS) is 16.4. The van der Waals surface area contributed by atoms with E-state index < -0.39 is 10.0 Å². The minimum absolute atomic E-state index is 0.428. The monoisotopic (exact) mass is 388 g/mol. The van der Waals surface area contributed by atoms with E-state index in [9.17, 15) is 8.42 Å². The lowest BCUT2D eigenvalue weighted by atomic mass is 10.2. The van der Waals surface area contributed by atoms with Crippen LogP contribution in [-0.4, -0.2) is 50.4 Å². The first-order valence-corrected chi connectivity index (χ1v) is 10.9. The maximum absolute atomic E-state index is 13.1. The Balaban J connectivity index is 1.68. The molecule has 1 heterocycles. The Bertz CT molecular complexity index is 888. The summed E-state index contributed by atoms with van der Waals surface area (Å²) in [5, 5.41) is 0. The summed E-state index contributed by atoms with van der Waals surface area (Å²) in [7, 11) is -3.45. The Hall–Kier alpha value is -1.89. The lowest BCUT2D eigenvalue weighted by molar-refractivity contribution is 0.179. The van der Waals surface area contributed by atoms with Crippen molar-refractivity contribution in [2.45, 2.75) is 32.2 Å². The first kappa shape index (κ1) is 19.9. The summed E-state index contributed by atoms with van der Waals surface area (Å²) in [4.78, 5) is 2.71. The van der Waals surface area contributed by atoms with Gasteiger partial charge in [0.2, 0.25) is 10.0 Å². The van der Waals surface area contributed by atoms with Gasteiger partial charge >= 0.3 is 0 Å². The fourth-order valence-corrected chi connectivity index (χ4v) is 5.16. The molecule has 0 aliphatic carbocycles. The van der Waals surface area contributed by atoms with E-state index in [1.807, 2.05) is 51.1 Å². The van der Waals surface area contributed by atoms with E-state index in [0.29, 0.717) is 37.7 Å². The average molecular weight is 389 g/mol. The topological polar surface area (TPSA) is 49.9 Å². The highest BCUT2D eigenvalue weighted by molar-refractivity contribution is 7.89. The smallest absolute Gasteiger partial charge is 0.243 e. The highest BCUT2D eigenvalue weighted by Crippen LogP contribution is 2.24. The van der Waals surface area contributed by atoms with E-state index in [1.54, 1.807) is 10.4 Å². The second kappa shape index (κ2) is 8.42. The molecular weight excluding hydrogens is 360 g/mol. The van der Waals surface area contributed by atoms with Crippen LogP contribution in [0.4, 0.5) is 0 Å². The minimum Gasteiger partial charge on any atom is -0.494 e. The fraction of sp³-hybridized carbons (Fsp3) is 0.429. The summed E-state index contributed by atoms with van der Waals surface area (Å²) >= 11 is 0. The molecule has 1 aliphatic rings. The largest absolute Gasteiger partial charge is 0.494 e. The molecule has 0 atom stereocenters. The second-order valence-electron chi connectivity index (χ2n) is 6.99. The molecule has 2 aromatic carbocycles. The molecule has 27 heavy (non-hydrogen) atoms. The lowest BCUT2D eigenvalue weighted by Crippen LogP contribution is -2.48. The molecule has 0 aromatic heterocycles.